The second-order valence-corrected chi connectivity index (χ2v) is 4.93. The summed E-state index contributed by atoms with van der Waals surface area (Å²) in [7, 11) is 0. The van der Waals surface area contributed by atoms with Gasteiger partial charge in [-0.1, -0.05) is 36.4 Å². The van der Waals surface area contributed by atoms with Crippen LogP contribution in [0.15, 0.2) is 54.7 Å². The zero-order chi connectivity index (χ0) is 15.8. The van der Waals surface area contributed by atoms with Crippen molar-refractivity contribution in [3.63, 3.8) is 0 Å². The van der Waals surface area contributed by atoms with Crippen molar-refractivity contribution in [2.45, 2.75) is 19.4 Å². The average Bonchev–Trinajstić information content (AvgIpc) is 2.56. The standard InChI is InChI=1S/C17H19N3O2/c1-13(14-7-3-2-4-8-14)20-17(22)16(21)19-12-10-15-9-5-6-11-18-15/h2-9,11,13H,10,12H2,1H3,(H,19,21)(H,20,22)/t13-/m1/s1. The summed E-state index contributed by atoms with van der Waals surface area (Å²) < 4.78 is 0. The van der Waals surface area contributed by atoms with Crippen molar-refractivity contribution < 1.29 is 9.59 Å². The highest BCUT2D eigenvalue weighted by Crippen LogP contribution is 2.10. The molecule has 0 radical (unpaired) electrons. The molecule has 5 nitrogen and oxygen atoms in total. The molecule has 114 valence electrons. The zero-order valence-electron chi connectivity index (χ0n) is 12.5. The molecule has 1 atom stereocenters. The lowest BCUT2D eigenvalue weighted by Crippen LogP contribution is -2.41. The molecule has 0 aliphatic rings. The molecule has 0 unspecified atom stereocenters. The third-order valence-electron chi connectivity index (χ3n) is 3.25. The van der Waals surface area contributed by atoms with Crippen LogP contribution in [0.3, 0.4) is 0 Å². The van der Waals surface area contributed by atoms with E-state index in [-0.39, 0.29) is 6.04 Å². The first-order chi connectivity index (χ1) is 10.7. The van der Waals surface area contributed by atoms with Gasteiger partial charge in [0.15, 0.2) is 0 Å². The summed E-state index contributed by atoms with van der Waals surface area (Å²) in [4.78, 5) is 27.7. The number of carbonyl (C=O) groups excluding carboxylic acids is 2. The van der Waals surface area contributed by atoms with Gasteiger partial charge in [0.2, 0.25) is 0 Å². The lowest BCUT2D eigenvalue weighted by Gasteiger charge is -2.13. The van der Waals surface area contributed by atoms with Gasteiger partial charge in [0.25, 0.3) is 0 Å². The van der Waals surface area contributed by atoms with Crippen molar-refractivity contribution in [3.05, 3.63) is 66.0 Å². The molecule has 1 heterocycles. The Balaban J connectivity index is 1.76. The number of carbonyl (C=O) groups is 2. The number of hydrogen-bond acceptors (Lipinski definition) is 3. The van der Waals surface area contributed by atoms with Gasteiger partial charge in [0.1, 0.15) is 0 Å². The molecular formula is C17H19N3O2. The van der Waals surface area contributed by atoms with Crippen LogP contribution in [0, 0.1) is 0 Å². The Labute approximate surface area is 129 Å². The predicted octanol–water partition coefficient (Wildman–Crippen LogP) is 1.62. The summed E-state index contributed by atoms with van der Waals surface area (Å²) >= 11 is 0. The Kier molecular flexibility index (Phi) is 5.65. The van der Waals surface area contributed by atoms with Crippen molar-refractivity contribution in [2.24, 2.45) is 0 Å². The first-order valence-electron chi connectivity index (χ1n) is 7.20. The normalized spacial score (nSPS) is 11.5. The molecule has 1 aromatic carbocycles. The van der Waals surface area contributed by atoms with Crippen LogP contribution >= 0.6 is 0 Å². The molecule has 22 heavy (non-hydrogen) atoms. The molecule has 0 aliphatic heterocycles. The highest BCUT2D eigenvalue weighted by Gasteiger charge is 2.16. The Morgan fingerprint density at radius 1 is 1.05 bits per heavy atom. The fourth-order valence-corrected chi connectivity index (χ4v) is 2.02. The molecule has 0 saturated carbocycles. The molecule has 0 aliphatic carbocycles. The molecule has 2 rings (SSSR count). The van der Waals surface area contributed by atoms with Gasteiger partial charge in [0, 0.05) is 24.9 Å². The topological polar surface area (TPSA) is 71.1 Å². The summed E-state index contributed by atoms with van der Waals surface area (Å²) in [5.41, 5.74) is 1.83. The fourth-order valence-electron chi connectivity index (χ4n) is 2.02. The highest BCUT2D eigenvalue weighted by atomic mass is 16.2. The van der Waals surface area contributed by atoms with Crippen LogP contribution in [-0.4, -0.2) is 23.3 Å². The van der Waals surface area contributed by atoms with Gasteiger partial charge in [-0.25, -0.2) is 0 Å². The number of nitrogens with zero attached hydrogens (tertiary/aromatic N) is 1. The van der Waals surface area contributed by atoms with Crippen LogP contribution in [0.25, 0.3) is 0 Å². The van der Waals surface area contributed by atoms with Crippen LogP contribution in [0.1, 0.15) is 24.2 Å². The van der Waals surface area contributed by atoms with E-state index in [1.807, 2.05) is 55.5 Å². The van der Waals surface area contributed by atoms with Gasteiger partial charge in [-0.3, -0.25) is 14.6 Å². The Hall–Kier alpha value is -2.69. The average molecular weight is 297 g/mol. The fraction of sp³-hybridized carbons (Fsp3) is 0.235. The van der Waals surface area contributed by atoms with E-state index in [2.05, 4.69) is 15.6 Å². The number of pyridine rings is 1. The molecule has 0 saturated heterocycles. The van der Waals surface area contributed by atoms with Crippen molar-refractivity contribution in [1.29, 1.82) is 0 Å². The van der Waals surface area contributed by atoms with E-state index < -0.39 is 11.8 Å². The van der Waals surface area contributed by atoms with E-state index in [9.17, 15) is 9.59 Å². The van der Waals surface area contributed by atoms with Gasteiger partial charge in [-0.05, 0) is 24.6 Å². The van der Waals surface area contributed by atoms with Crippen LogP contribution in [0.2, 0.25) is 0 Å². The third kappa shape index (κ3) is 4.70. The number of amides is 2. The van der Waals surface area contributed by atoms with Gasteiger partial charge < -0.3 is 10.6 Å². The second-order valence-electron chi connectivity index (χ2n) is 4.93. The van der Waals surface area contributed by atoms with Gasteiger partial charge in [-0.2, -0.15) is 0 Å². The quantitative estimate of drug-likeness (QED) is 0.824. The minimum absolute atomic E-state index is 0.213. The van der Waals surface area contributed by atoms with Gasteiger partial charge in [0.05, 0.1) is 6.04 Å². The molecule has 2 amide bonds. The molecule has 2 aromatic rings. The van der Waals surface area contributed by atoms with E-state index in [1.54, 1.807) is 6.20 Å². The smallest absolute Gasteiger partial charge is 0.309 e. The number of nitrogens with one attached hydrogen (secondary N) is 2. The molecule has 1 aromatic heterocycles. The van der Waals surface area contributed by atoms with Crippen LogP contribution in [-0.2, 0) is 16.0 Å². The minimum Gasteiger partial charge on any atom is -0.347 e. The number of rotatable bonds is 5. The lowest BCUT2D eigenvalue weighted by atomic mass is 10.1. The van der Waals surface area contributed by atoms with Gasteiger partial charge >= 0.3 is 11.8 Å². The molecule has 2 N–H and O–H groups in total. The van der Waals surface area contributed by atoms with Gasteiger partial charge in [-0.15, -0.1) is 0 Å². The van der Waals surface area contributed by atoms with Crippen LogP contribution in [0.5, 0.6) is 0 Å². The summed E-state index contributed by atoms with van der Waals surface area (Å²) in [6.07, 6.45) is 2.29. The zero-order valence-corrected chi connectivity index (χ0v) is 12.5. The van der Waals surface area contributed by atoms with Crippen molar-refractivity contribution in [3.8, 4) is 0 Å². The first-order valence-corrected chi connectivity index (χ1v) is 7.20. The number of hydrogen-bond donors (Lipinski definition) is 2. The molecule has 5 heteroatoms. The maximum Gasteiger partial charge on any atom is 0.309 e. The second kappa shape index (κ2) is 7.93. The van der Waals surface area contributed by atoms with Crippen molar-refractivity contribution in [2.75, 3.05) is 6.54 Å². The molecule has 0 bridgehead atoms. The number of aromatic nitrogens is 1. The van der Waals surface area contributed by atoms with E-state index >= 15 is 0 Å². The van der Waals surface area contributed by atoms with Crippen molar-refractivity contribution in [1.82, 2.24) is 15.6 Å². The van der Waals surface area contributed by atoms with Crippen LogP contribution < -0.4 is 10.6 Å². The molecular weight excluding hydrogens is 278 g/mol. The van der Waals surface area contributed by atoms with Crippen molar-refractivity contribution >= 4 is 11.8 Å². The van der Waals surface area contributed by atoms with E-state index in [1.165, 1.54) is 0 Å². The summed E-state index contributed by atoms with van der Waals surface area (Å²) in [5.74, 6) is -1.25. The Morgan fingerprint density at radius 2 is 1.77 bits per heavy atom. The SMILES string of the molecule is C[C@@H](NC(=O)C(=O)NCCc1ccccn1)c1ccccc1. The summed E-state index contributed by atoms with van der Waals surface area (Å²) in [5, 5.41) is 5.27. The molecule has 0 fully saturated rings. The minimum atomic E-state index is -0.627. The predicted molar refractivity (Wildman–Crippen MR) is 84.0 cm³/mol. The summed E-state index contributed by atoms with van der Waals surface area (Å²) in [6.45, 7) is 2.22. The lowest BCUT2D eigenvalue weighted by molar-refractivity contribution is -0.139. The number of benzene rings is 1. The van der Waals surface area contributed by atoms with Crippen LogP contribution in [0.4, 0.5) is 0 Å². The maximum atomic E-state index is 11.8. The highest BCUT2D eigenvalue weighted by molar-refractivity contribution is 6.35. The van der Waals surface area contributed by atoms with E-state index in [0.29, 0.717) is 13.0 Å². The molecule has 0 spiro atoms. The maximum absolute atomic E-state index is 11.8. The third-order valence-corrected chi connectivity index (χ3v) is 3.25. The first kappa shape index (κ1) is 15.7. The van der Waals surface area contributed by atoms with E-state index in [4.69, 9.17) is 0 Å². The Morgan fingerprint density at radius 3 is 2.45 bits per heavy atom. The van der Waals surface area contributed by atoms with E-state index in [0.717, 1.165) is 11.3 Å². The largest absolute Gasteiger partial charge is 0.347 e. The monoisotopic (exact) mass is 297 g/mol. The summed E-state index contributed by atoms with van der Waals surface area (Å²) in [6, 6.07) is 14.9. The Bertz CT molecular complexity index is 614.